The lowest BCUT2D eigenvalue weighted by Gasteiger charge is -2.26. The van der Waals surface area contributed by atoms with Crippen LogP contribution in [0.4, 0.5) is 10.6 Å². The molecule has 0 fully saturated rings. The van der Waals surface area contributed by atoms with Crippen molar-refractivity contribution >= 4 is 17.8 Å². The van der Waals surface area contributed by atoms with Crippen LogP contribution >= 0.6 is 0 Å². The number of amides is 3. The second-order valence-electron chi connectivity index (χ2n) is 5.64. The van der Waals surface area contributed by atoms with Crippen LogP contribution in [-0.4, -0.2) is 30.6 Å². The molecule has 3 amide bonds. The molecule has 1 atom stereocenters. The van der Waals surface area contributed by atoms with Crippen molar-refractivity contribution in [1.82, 2.24) is 15.6 Å². The highest BCUT2D eigenvalue weighted by Gasteiger charge is 2.23. The van der Waals surface area contributed by atoms with Crippen molar-refractivity contribution in [2.75, 3.05) is 19.0 Å². The third-order valence-corrected chi connectivity index (χ3v) is 3.94. The maximum atomic E-state index is 12.3. The van der Waals surface area contributed by atoms with Gasteiger partial charge in [0.2, 0.25) is 0 Å². The van der Waals surface area contributed by atoms with Crippen molar-refractivity contribution in [3.05, 3.63) is 53.2 Å². The van der Waals surface area contributed by atoms with Crippen LogP contribution in [0.15, 0.2) is 36.4 Å². The van der Waals surface area contributed by atoms with E-state index >= 15 is 0 Å². The number of rotatable bonds is 3. The van der Waals surface area contributed by atoms with Crippen molar-refractivity contribution in [3.63, 3.8) is 0 Å². The Morgan fingerprint density at radius 2 is 2.15 bits per heavy atom. The van der Waals surface area contributed by atoms with E-state index in [2.05, 4.69) is 27.0 Å². The van der Waals surface area contributed by atoms with Gasteiger partial charge in [-0.15, -0.1) is 0 Å². The summed E-state index contributed by atoms with van der Waals surface area (Å²) in [4.78, 5) is 28.0. The summed E-state index contributed by atoms with van der Waals surface area (Å²) in [7, 11) is 1.51. The Morgan fingerprint density at radius 3 is 2.92 bits per heavy atom. The fourth-order valence-electron chi connectivity index (χ4n) is 2.68. The number of benzene rings is 1. The number of ether oxygens (including phenoxy) is 1. The van der Waals surface area contributed by atoms with Gasteiger partial charge in [0.25, 0.3) is 5.91 Å². The molecule has 3 rings (SSSR count). The van der Waals surface area contributed by atoms with Gasteiger partial charge in [-0.25, -0.2) is 9.78 Å². The van der Waals surface area contributed by atoms with Crippen LogP contribution in [0.5, 0.6) is 5.75 Å². The molecular formula is C18H17N5O3. The molecular weight excluding hydrogens is 334 g/mol. The molecule has 132 valence electrons. The van der Waals surface area contributed by atoms with E-state index in [4.69, 9.17) is 10.00 Å². The normalized spacial score (nSPS) is 15.0. The predicted molar refractivity (Wildman–Crippen MR) is 93.8 cm³/mol. The molecule has 1 aromatic carbocycles. The lowest BCUT2D eigenvalue weighted by atomic mass is 9.99. The van der Waals surface area contributed by atoms with Gasteiger partial charge in [-0.05, 0) is 24.3 Å². The second kappa shape index (κ2) is 7.53. The van der Waals surface area contributed by atoms with Crippen LogP contribution in [-0.2, 0) is 0 Å². The third-order valence-electron chi connectivity index (χ3n) is 3.94. The second-order valence-corrected chi connectivity index (χ2v) is 5.64. The Hall–Kier alpha value is -3.60. The van der Waals surface area contributed by atoms with Crippen LogP contribution in [0.25, 0.3) is 0 Å². The van der Waals surface area contributed by atoms with Gasteiger partial charge in [0, 0.05) is 19.0 Å². The maximum Gasteiger partial charge on any atom is 0.320 e. The van der Waals surface area contributed by atoms with Gasteiger partial charge in [-0.2, -0.15) is 5.26 Å². The Kier molecular flexibility index (Phi) is 4.99. The minimum atomic E-state index is -0.436. The van der Waals surface area contributed by atoms with Gasteiger partial charge in [0.15, 0.2) is 0 Å². The van der Waals surface area contributed by atoms with Gasteiger partial charge in [0.1, 0.15) is 17.3 Å². The van der Waals surface area contributed by atoms with Crippen molar-refractivity contribution < 1.29 is 14.3 Å². The van der Waals surface area contributed by atoms with Crippen LogP contribution in [0.3, 0.4) is 0 Å². The standard InChI is InChI=1S/C18H17N5O3/c1-20-17(24)14-3-2-4-16(21-14)23-18(25)22-13-7-8-26-15-9-11(10-19)5-6-12(13)15/h2-6,9,13H,7-8H2,1H3,(H,20,24)(H2,21,22,23,25). The number of hydrogen-bond acceptors (Lipinski definition) is 5. The number of pyridine rings is 1. The molecule has 26 heavy (non-hydrogen) atoms. The molecule has 0 saturated carbocycles. The van der Waals surface area contributed by atoms with E-state index in [0.29, 0.717) is 24.3 Å². The Morgan fingerprint density at radius 1 is 1.31 bits per heavy atom. The summed E-state index contributed by atoms with van der Waals surface area (Å²) in [6.07, 6.45) is 0.609. The van der Waals surface area contributed by atoms with Gasteiger partial charge in [-0.3, -0.25) is 10.1 Å². The quantitative estimate of drug-likeness (QED) is 0.782. The number of urea groups is 1. The number of carbonyl (C=O) groups excluding carboxylic acids is 2. The summed E-state index contributed by atoms with van der Waals surface area (Å²) in [6.45, 7) is 0.442. The Bertz CT molecular complexity index is 891. The molecule has 0 bridgehead atoms. The number of nitrogens with one attached hydrogen (secondary N) is 3. The minimum Gasteiger partial charge on any atom is -0.493 e. The first-order chi connectivity index (χ1) is 12.6. The summed E-state index contributed by atoms with van der Waals surface area (Å²) in [5.74, 6) is 0.539. The molecule has 0 aliphatic carbocycles. The monoisotopic (exact) mass is 351 g/mol. The molecule has 1 aliphatic rings. The Balaban J connectivity index is 1.70. The fraction of sp³-hybridized carbons (Fsp3) is 0.222. The molecule has 0 spiro atoms. The molecule has 2 aromatic rings. The average molecular weight is 351 g/mol. The molecule has 8 nitrogen and oxygen atoms in total. The maximum absolute atomic E-state index is 12.3. The summed E-state index contributed by atoms with van der Waals surface area (Å²) in [6, 6.07) is 11.3. The smallest absolute Gasteiger partial charge is 0.320 e. The van der Waals surface area contributed by atoms with Crippen LogP contribution < -0.4 is 20.7 Å². The lowest BCUT2D eigenvalue weighted by Crippen LogP contribution is -2.35. The molecule has 0 saturated heterocycles. The fourth-order valence-corrected chi connectivity index (χ4v) is 2.68. The predicted octanol–water partition coefficient (Wildman–Crippen LogP) is 1.96. The minimum absolute atomic E-state index is 0.214. The topological polar surface area (TPSA) is 116 Å². The largest absolute Gasteiger partial charge is 0.493 e. The summed E-state index contributed by atoms with van der Waals surface area (Å²) < 4.78 is 5.57. The van der Waals surface area contributed by atoms with Crippen molar-refractivity contribution in [1.29, 1.82) is 5.26 Å². The highest BCUT2D eigenvalue weighted by molar-refractivity contribution is 5.93. The molecule has 1 aliphatic heterocycles. The summed E-state index contributed by atoms with van der Waals surface area (Å²) in [5.41, 5.74) is 1.53. The van der Waals surface area contributed by atoms with Crippen molar-refractivity contribution in [2.24, 2.45) is 0 Å². The van der Waals surface area contributed by atoms with Crippen molar-refractivity contribution in [2.45, 2.75) is 12.5 Å². The van der Waals surface area contributed by atoms with E-state index in [9.17, 15) is 9.59 Å². The first-order valence-electron chi connectivity index (χ1n) is 8.04. The number of nitrogens with zero attached hydrogens (tertiary/aromatic N) is 2. The zero-order chi connectivity index (χ0) is 18.5. The van der Waals surface area contributed by atoms with E-state index in [1.807, 2.05) is 0 Å². The van der Waals surface area contributed by atoms with Crippen LogP contribution in [0, 0.1) is 11.3 Å². The number of anilines is 1. The van der Waals surface area contributed by atoms with Crippen LogP contribution in [0.1, 0.15) is 34.1 Å². The summed E-state index contributed by atoms with van der Waals surface area (Å²) in [5, 5.41) is 17.0. The van der Waals surface area contributed by atoms with Gasteiger partial charge < -0.3 is 15.4 Å². The summed E-state index contributed by atoms with van der Waals surface area (Å²) >= 11 is 0. The zero-order valence-electron chi connectivity index (χ0n) is 14.1. The third kappa shape index (κ3) is 3.72. The van der Waals surface area contributed by atoms with E-state index in [-0.39, 0.29) is 23.5 Å². The number of hydrogen-bond donors (Lipinski definition) is 3. The highest BCUT2D eigenvalue weighted by Crippen LogP contribution is 2.32. The number of nitriles is 1. The first kappa shape index (κ1) is 17.2. The van der Waals surface area contributed by atoms with Crippen LogP contribution in [0.2, 0.25) is 0 Å². The van der Waals surface area contributed by atoms with Gasteiger partial charge >= 0.3 is 6.03 Å². The molecule has 3 N–H and O–H groups in total. The number of aromatic nitrogens is 1. The number of carbonyl (C=O) groups is 2. The highest BCUT2D eigenvalue weighted by atomic mass is 16.5. The van der Waals surface area contributed by atoms with Gasteiger partial charge in [-0.1, -0.05) is 12.1 Å². The van der Waals surface area contributed by atoms with E-state index in [0.717, 1.165) is 5.56 Å². The van der Waals surface area contributed by atoms with E-state index in [1.165, 1.54) is 7.05 Å². The molecule has 1 aromatic heterocycles. The Labute approximate surface area is 150 Å². The van der Waals surface area contributed by atoms with Gasteiger partial charge in [0.05, 0.1) is 24.3 Å². The van der Waals surface area contributed by atoms with Crippen molar-refractivity contribution in [3.8, 4) is 11.8 Å². The van der Waals surface area contributed by atoms with E-state index < -0.39 is 6.03 Å². The lowest BCUT2D eigenvalue weighted by molar-refractivity contribution is 0.0958. The zero-order valence-corrected chi connectivity index (χ0v) is 14.1. The molecule has 2 heterocycles. The van der Waals surface area contributed by atoms with E-state index in [1.54, 1.807) is 36.4 Å². The SMILES string of the molecule is CNC(=O)c1cccc(NC(=O)NC2CCOc3cc(C#N)ccc32)n1. The molecule has 8 heteroatoms. The average Bonchev–Trinajstić information content (AvgIpc) is 2.67. The first-order valence-corrected chi connectivity index (χ1v) is 8.04. The molecule has 0 radical (unpaired) electrons. The molecule has 1 unspecified atom stereocenters. The number of fused-ring (bicyclic) bond motifs is 1.